The van der Waals surface area contributed by atoms with E-state index in [0.29, 0.717) is 59.0 Å². The van der Waals surface area contributed by atoms with Crippen LogP contribution in [-0.2, 0) is 25.5 Å². The van der Waals surface area contributed by atoms with E-state index in [2.05, 4.69) is 25.1 Å². The van der Waals surface area contributed by atoms with E-state index in [1.54, 1.807) is 18.2 Å². The first-order valence-electron chi connectivity index (χ1n) is 9.52. The lowest BCUT2D eigenvalue weighted by Crippen LogP contribution is -2.39. The number of hydrogen-bond acceptors (Lipinski definition) is 4. The predicted molar refractivity (Wildman–Crippen MR) is 113 cm³/mol. The molecule has 0 atom stereocenters. The fraction of sp³-hybridized carbons (Fsp3) is 0.435. The monoisotopic (exact) mass is 387 g/mol. The molecule has 0 heterocycles. The van der Waals surface area contributed by atoms with Crippen LogP contribution in [0.2, 0.25) is 0 Å². The van der Waals surface area contributed by atoms with Crippen molar-refractivity contribution < 1.29 is 19.0 Å². The molecule has 0 spiro atoms. The summed E-state index contributed by atoms with van der Waals surface area (Å²) in [5, 5.41) is 2.96. The Hall–Kier alpha value is -2.21. The number of nitrogens with one attached hydrogen (secondary N) is 1. The van der Waals surface area contributed by atoms with Crippen molar-refractivity contribution in [2.45, 2.75) is 19.4 Å². The zero-order valence-electron chi connectivity index (χ0n) is 16.7. The molecule has 1 rings (SSSR count). The molecule has 1 aromatic carbocycles. The summed E-state index contributed by atoms with van der Waals surface area (Å²) in [5.41, 5.74) is 0.638. The van der Waals surface area contributed by atoms with Gasteiger partial charge in [-0.2, -0.15) is 0 Å². The summed E-state index contributed by atoms with van der Waals surface area (Å²) < 4.78 is 17.1. The first-order valence-corrected chi connectivity index (χ1v) is 9.52. The van der Waals surface area contributed by atoms with Crippen molar-refractivity contribution in [2.75, 3.05) is 39.6 Å². The highest BCUT2D eigenvalue weighted by molar-refractivity contribution is 5.75. The predicted octanol–water partition coefficient (Wildman–Crippen LogP) is 3.68. The van der Waals surface area contributed by atoms with E-state index in [4.69, 9.17) is 14.2 Å². The minimum Gasteiger partial charge on any atom is -0.377 e. The Labute approximate surface area is 169 Å². The molecule has 154 valence electrons. The molecular formula is C23H33NO4. The lowest BCUT2D eigenvalue weighted by Gasteiger charge is -2.33. The van der Waals surface area contributed by atoms with E-state index < -0.39 is 5.41 Å². The van der Waals surface area contributed by atoms with Gasteiger partial charge in [-0.05, 0) is 12.0 Å². The van der Waals surface area contributed by atoms with E-state index >= 15 is 0 Å². The summed E-state index contributed by atoms with van der Waals surface area (Å²) in [6.07, 6.45) is 6.05. The number of benzene rings is 1. The van der Waals surface area contributed by atoms with Gasteiger partial charge >= 0.3 is 0 Å². The van der Waals surface area contributed by atoms with Gasteiger partial charge in [-0.1, -0.05) is 48.6 Å². The zero-order valence-corrected chi connectivity index (χ0v) is 16.7. The maximum atomic E-state index is 12.4. The Balaban J connectivity index is 2.66. The lowest BCUT2D eigenvalue weighted by atomic mass is 9.85. The van der Waals surface area contributed by atoms with Gasteiger partial charge in [0.2, 0.25) is 5.91 Å². The van der Waals surface area contributed by atoms with E-state index in [1.165, 1.54) is 0 Å². The van der Waals surface area contributed by atoms with Crippen molar-refractivity contribution in [1.82, 2.24) is 5.32 Å². The Morgan fingerprint density at radius 3 is 1.86 bits per heavy atom. The molecule has 0 aliphatic heterocycles. The van der Waals surface area contributed by atoms with Gasteiger partial charge in [0.15, 0.2) is 0 Å². The largest absolute Gasteiger partial charge is 0.377 e. The molecule has 28 heavy (non-hydrogen) atoms. The first kappa shape index (κ1) is 23.8. The van der Waals surface area contributed by atoms with Crippen LogP contribution in [0, 0.1) is 5.41 Å². The second kappa shape index (κ2) is 14.8. The standard InChI is InChI=1S/C23H33NO4/c1-4-14-26-18-23(19-27-15-5-2,20-28-16-6-3)13-12-22(25)24-17-21-10-8-7-9-11-21/h4-11H,1-3,12-20H2,(H,24,25). The number of amides is 1. The van der Waals surface area contributed by atoms with Crippen molar-refractivity contribution in [3.05, 3.63) is 73.9 Å². The van der Waals surface area contributed by atoms with E-state index in [-0.39, 0.29) is 5.91 Å². The Morgan fingerprint density at radius 1 is 0.893 bits per heavy atom. The molecule has 5 heteroatoms. The second-order valence-corrected chi connectivity index (χ2v) is 6.67. The Kier molecular flexibility index (Phi) is 12.6. The van der Waals surface area contributed by atoms with Gasteiger partial charge in [-0.25, -0.2) is 0 Å². The SMILES string of the molecule is C=CCOCC(CCC(=O)NCc1ccccc1)(COCC=C)COCC=C. The average molecular weight is 388 g/mol. The molecular weight excluding hydrogens is 354 g/mol. The number of hydrogen-bond donors (Lipinski definition) is 1. The van der Waals surface area contributed by atoms with E-state index in [1.807, 2.05) is 30.3 Å². The van der Waals surface area contributed by atoms with Gasteiger partial charge < -0.3 is 19.5 Å². The minimum absolute atomic E-state index is 0.00982. The van der Waals surface area contributed by atoms with Gasteiger partial charge in [0, 0.05) is 18.4 Å². The molecule has 0 aromatic heterocycles. The van der Waals surface area contributed by atoms with Crippen molar-refractivity contribution in [1.29, 1.82) is 0 Å². The second-order valence-electron chi connectivity index (χ2n) is 6.67. The van der Waals surface area contributed by atoms with Crippen molar-refractivity contribution in [3.63, 3.8) is 0 Å². The van der Waals surface area contributed by atoms with Crippen molar-refractivity contribution >= 4 is 5.91 Å². The quantitative estimate of drug-likeness (QED) is 0.327. The van der Waals surface area contributed by atoms with Crippen LogP contribution in [0.3, 0.4) is 0 Å². The molecule has 0 aliphatic rings. The van der Waals surface area contributed by atoms with E-state index in [9.17, 15) is 4.79 Å². The summed E-state index contributed by atoms with van der Waals surface area (Å²) >= 11 is 0. The third kappa shape index (κ3) is 10.2. The van der Waals surface area contributed by atoms with Gasteiger partial charge in [0.25, 0.3) is 0 Å². The third-order valence-corrected chi connectivity index (χ3v) is 4.15. The molecule has 1 amide bonds. The van der Waals surface area contributed by atoms with Crippen molar-refractivity contribution in [2.24, 2.45) is 5.41 Å². The van der Waals surface area contributed by atoms with E-state index in [0.717, 1.165) is 5.56 Å². The third-order valence-electron chi connectivity index (χ3n) is 4.15. The first-order chi connectivity index (χ1) is 13.7. The van der Waals surface area contributed by atoms with Crippen LogP contribution in [0.25, 0.3) is 0 Å². The maximum Gasteiger partial charge on any atom is 0.220 e. The highest BCUT2D eigenvalue weighted by Gasteiger charge is 2.32. The minimum atomic E-state index is -0.431. The summed E-state index contributed by atoms with van der Waals surface area (Å²) in [7, 11) is 0. The molecule has 5 nitrogen and oxygen atoms in total. The van der Waals surface area contributed by atoms with Crippen LogP contribution >= 0.6 is 0 Å². The molecule has 0 aliphatic carbocycles. The Morgan fingerprint density at radius 2 is 1.39 bits per heavy atom. The normalized spacial score (nSPS) is 11.0. The average Bonchev–Trinajstić information content (AvgIpc) is 2.72. The van der Waals surface area contributed by atoms with Crippen molar-refractivity contribution in [3.8, 4) is 0 Å². The number of carbonyl (C=O) groups excluding carboxylic acids is 1. The summed E-state index contributed by atoms with van der Waals surface area (Å²) in [6.45, 7) is 14.1. The van der Waals surface area contributed by atoms with Gasteiger partial charge in [-0.15, -0.1) is 19.7 Å². The molecule has 0 saturated heterocycles. The molecule has 0 unspecified atom stereocenters. The van der Waals surface area contributed by atoms with Crippen LogP contribution in [-0.4, -0.2) is 45.5 Å². The van der Waals surface area contributed by atoms with Gasteiger partial charge in [0.05, 0.1) is 39.6 Å². The van der Waals surface area contributed by atoms with Gasteiger partial charge in [0.1, 0.15) is 0 Å². The summed E-state index contributed by atoms with van der Waals surface area (Å²) in [5.74, 6) is -0.00982. The van der Waals surface area contributed by atoms with Crippen LogP contribution in [0.4, 0.5) is 0 Å². The number of ether oxygens (including phenoxy) is 3. The molecule has 0 saturated carbocycles. The topological polar surface area (TPSA) is 56.8 Å². The fourth-order valence-electron chi connectivity index (χ4n) is 2.68. The van der Waals surface area contributed by atoms with Crippen LogP contribution in [0.15, 0.2) is 68.3 Å². The summed E-state index contributed by atoms with van der Waals surface area (Å²) in [6, 6.07) is 9.84. The molecule has 0 radical (unpaired) electrons. The molecule has 1 N–H and O–H groups in total. The maximum absolute atomic E-state index is 12.4. The molecule has 0 fully saturated rings. The Bertz CT molecular complexity index is 549. The van der Waals surface area contributed by atoms with Crippen LogP contribution < -0.4 is 5.32 Å². The number of carbonyl (C=O) groups is 1. The van der Waals surface area contributed by atoms with Crippen LogP contribution in [0.5, 0.6) is 0 Å². The molecule has 1 aromatic rings. The lowest BCUT2D eigenvalue weighted by molar-refractivity contribution is -0.123. The number of rotatable bonds is 17. The van der Waals surface area contributed by atoms with Gasteiger partial charge in [-0.3, -0.25) is 4.79 Å². The zero-order chi connectivity index (χ0) is 20.5. The fourth-order valence-corrected chi connectivity index (χ4v) is 2.68. The summed E-state index contributed by atoms with van der Waals surface area (Å²) in [4.78, 5) is 12.4. The van der Waals surface area contributed by atoms with Crippen LogP contribution in [0.1, 0.15) is 18.4 Å². The highest BCUT2D eigenvalue weighted by atomic mass is 16.5. The smallest absolute Gasteiger partial charge is 0.220 e. The highest BCUT2D eigenvalue weighted by Crippen LogP contribution is 2.26. The molecule has 0 bridgehead atoms.